The zero-order valence-corrected chi connectivity index (χ0v) is 20.4. The molecule has 1 atom stereocenters. The van der Waals surface area contributed by atoms with Gasteiger partial charge in [0, 0.05) is 54.1 Å². The van der Waals surface area contributed by atoms with E-state index in [1.807, 2.05) is 36.2 Å². The molecule has 2 N–H and O–H groups in total. The number of benzene rings is 2. The number of piperazine rings is 1. The number of rotatable bonds is 5. The number of aromatic nitrogens is 1. The fourth-order valence-corrected chi connectivity index (χ4v) is 4.57. The van der Waals surface area contributed by atoms with E-state index in [4.69, 9.17) is 33.7 Å². The van der Waals surface area contributed by atoms with Gasteiger partial charge in [0.25, 0.3) is 5.91 Å². The highest BCUT2D eigenvalue weighted by Gasteiger charge is 2.22. The van der Waals surface area contributed by atoms with E-state index in [0.717, 1.165) is 24.2 Å². The molecule has 0 saturated carbocycles. The number of hydrogen-bond donors (Lipinski definition) is 1. The molecule has 178 valence electrons. The fraction of sp³-hybridized carbons (Fsp3) is 0.280. The molecule has 1 unspecified atom stereocenters. The number of likely N-dealkylation sites (N-methyl/N-ethyl adjacent to an activating group) is 1. The van der Waals surface area contributed by atoms with Gasteiger partial charge in [0.1, 0.15) is 11.9 Å². The summed E-state index contributed by atoms with van der Waals surface area (Å²) in [5, 5.41) is 0.189. The number of nitrogens with two attached hydrogens (primary N) is 1. The van der Waals surface area contributed by atoms with Gasteiger partial charge in [0.15, 0.2) is 11.6 Å². The third-order valence-electron chi connectivity index (χ3n) is 5.90. The van der Waals surface area contributed by atoms with E-state index in [9.17, 15) is 9.18 Å². The summed E-state index contributed by atoms with van der Waals surface area (Å²) in [5.74, 6) is -0.113. The van der Waals surface area contributed by atoms with Crippen molar-refractivity contribution < 1.29 is 13.9 Å². The van der Waals surface area contributed by atoms with Gasteiger partial charge < -0.3 is 20.3 Å². The van der Waals surface area contributed by atoms with E-state index < -0.39 is 11.9 Å². The van der Waals surface area contributed by atoms with E-state index in [1.54, 1.807) is 19.2 Å². The number of halogens is 3. The van der Waals surface area contributed by atoms with Crippen molar-refractivity contribution >= 4 is 34.9 Å². The maximum absolute atomic E-state index is 14.0. The largest absolute Gasteiger partial charge is 0.482 e. The van der Waals surface area contributed by atoms with Crippen molar-refractivity contribution in [1.29, 1.82) is 0 Å². The molecule has 3 aromatic rings. The molecule has 2 heterocycles. The van der Waals surface area contributed by atoms with Crippen LogP contribution in [0.4, 0.5) is 10.2 Å². The Morgan fingerprint density at radius 2 is 1.85 bits per heavy atom. The summed E-state index contributed by atoms with van der Waals surface area (Å²) < 4.78 is 20.0. The molecule has 0 bridgehead atoms. The minimum atomic E-state index is -0.680. The molecule has 2 aromatic carbocycles. The number of carbonyl (C=O) groups excluding carboxylic acids is 1. The van der Waals surface area contributed by atoms with Gasteiger partial charge in [-0.15, -0.1) is 0 Å². The number of hydrogen-bond acceptors (Lipinski definition) is 5. The Morgan fingerprint density at radius 1 is 1.12 bits per heavy atom. The summed E-state index contributed by atoms with van der Waals surface area (Å²) in [6, 6.07) is 11.7. The van der Waals surface area contributed by atoms with Crippen LogP contribution in [0.1, 0.15) is 28.9 Å². The number of pyridine rings is 1. The summed E-state index contributed by atoms with van der Waals surface area (Å²) in [4.78, 5) is 21.3. The number of amides is 1. The van der Waals surface area contributed by atoms with Gasteiger partial charge >= 0.3 is 0 Å². The first-order valence-corrected chi connectivity index (χ1v) is 11.6. The van der Waals surface area contributed by atoms with Crippen LogP contribution in [0.3, 0.4) is 0 Å². The van der Waals surface area contributed by atoms with E-state index in [1.165, 1.54) is 12.1 Å². The molecule has 4 rings (SSSR count). The maximum Gasteiger partial charge on any atom is 0.253 e. The number of nitrogens with zero attached hydrogens (tertiary/aromatic N) is 3. The quantitative estimate of drug-likeness (QED) is 0.479. The van der Waals surface area contributed by atoms with Crippen LogP contribution in [0.2, 0.25) is 10.0 Å². The Morgan fingerprint density at radius 3 is 2.59 bits per heavy atom. The van der Waals surface area contributed by atoms with Crippen LogP contribution < -0.4 is 10.5 Å². The summed E-state index contributed by atoms with van der Waals surface area (Å²) in [5.41, 5.74) is 8.50. The molecule has 1 saturated heterocycles. The lowest BCUT2D eigenvalue weighted by Gasteiger charge is -2.32. The van der Waals surface area contributed by atoms with Crippen molar-refractivity contribution in [2.45, 2.75) is 13.0 Å². The minimum Gasteiger partial charge on any atom is -0.482 e. The molecular formula is C25H25Cl2FN4O2. The number of carbonyl (C=O) groups is 1. The first kappa shape index (κ1) is 24.3. The highest BCUT2D eigenvalue weighted by Crippen LogP contribution is 2.37. The first-order chi connectivity index (χ1) is 16.2. The van der Waals surface area contributed by atoms with Crippen molar-refractivity contribution in [3.63, 3.8) is 0 Å². The number of ether oxygens (including phenoxy) is 1. The summed E-state index contributed by atoms with van der Waals surface area (Å²) in [7, 11) is 2.05. The summed E-state index contributed by atoms with van der Waals surface area (Å²) in [6.45, 7) is 4.80. The van der Waals surface area contributed by atoms with Gasteiger partial charge in [-0.1, -0.05) is 35.3 Å². The molecule has 1 amide bonds. The normalized spacial score (nSPS) is 15.3. The second kappa shape index (κ2) is 10.2. The Labute approximate surface area is 208 Å². The fourth-order valence-electron chi connectivity index (χ4n) is 3.90. The average molecular weight is 503 g/mol. The number of anilines is 1. The highest BCUT2D eigenvalue weighted by atomic mass is 35.5. The third kappa shape index (κ3) is 5.12. The molecular weight excluding hydrogens is 478 g/mol. The Bertz CT molecular complexity index is 1220. The van der Waals surface area contributed by atoms with Gasteiger partial charge in [-0.25, -0.2) is 9.37 Å². The SMILES string of the molecule is CC(Oc1cc(-c2cccc(C(=O)N3CCN(C)CC3)c2)cnc1N)c1c(Cl)ccc(F)c1Cl. The summed E-state index contributed by atoms with van der Waals surface area (Å²) >= 11 is 12.4. The van der Waals surface area contributed by atoms with Gasteiger partial charge in [-0.3, -0.25) is 4.79 Å². The topological polar surface area (TPSA) is 71.7 Å². The van der Waals surface area contributed by atoms with Crippen molar-refractivity contribution in [2.75, 3.05) is 39.0 Å². The molecule has 1 aliphatic heterocycles. The van der Waals surface area contributed by atoms with Crippen LogP contribution in [0.5, 0.6) is 5.75 Å². The monoisotopic (exact) mass is 502 g/mol. The van der Waals surface area contributed by atoms with E-state index in [-0.39, 0.29) is 21.8 Å². The highest BCUT2D eigenvalue weighted by molar-refractivity contribution is 6.36. The van der Waals surface area contributed by atoms with Crippen LogP contribution in [-0.2, 0) is 0 Å². The molecule has 0 spiro atoms. The average Bonchev–Trinajstić information content (AvgIpc) is 2.83. The Balaban J connectivity index is 1.59. The standard InChI is InChI=1S/C25H25Cl2FN4O2/c1-15(22-19(26)6-7-20(28)23(22)27)34-21-13-18(14-30-24(21)29)16-4-3-5-17(12-16)25(33)32-10-8-31(2)9-11-32/h3-7,12-15H,8-11H2,1-2H3,(H2,29,30). The smallest absolute Gasteiger partial charge is 0.253 e. The third-order valence-corrected chi connectivity index (χ3v) is 6.62. The molecule has 1 aromatic heterocycles. The van der Waals surface area contributed by atoms with Crippen molar-refractivity contribution in [3.05, 3.63) is 75.7 Å². The maximum atomic E-state index is 14.0. The van der Waals surface area contributed by atoms with Gasteiger partial charge in [-0.05, 0) is 49.9 Å². The lowest BCUT2D eigenvalue weighted by Crippen LogP contribution is -2.47. The molecule has 0 aliphatic carbocycles. The van der Waals surface area contributed by atoms with E-state index >= 15 is 0 Å². The Hall–Kier alpha value is -2.87. The zero-order valence-electron chi connectivity index (χ0n) is 18.9. The van der Waals surface area contributed by atoms with Crippen LogP contribution >= 0.6 is 23.2 Å². The van der Waals surface area contributed by atoms with Crippen molar-refractivity contribution in [3.8, 4) is 16.9 Å². The first-order valence-electron chi connectivity index (χ1n) is 10.9. The molecule has 6 nitrogen and oxygen atoms in total. The zero-order chi connectivity index (χ0) is 24.4. The van der Waals surface area contributed by atoms with Gasteiger partial charge in [-0.2, -0.15) is 0 Å². The molecule has 34 heavy (non-hydrogen) atoms. The molecule has 1 fully saturated rings. The van der Waals surface area contributed by atoms with Crippen LogP contribution in [0.15, 0.2) is 48.7 Å². The van der Waals surface area contributed by atoms with Gasteiger partial charge in [0.2, 0.25) is 0 Å². The lowest BCUT2D eigenvalue weighted by molar-refractivity contribution is 0.0664. The van der Waals surface area contributed by atoms with Crippen LogP contribution in [0, 0.1) is 5.82 Å². The minimum absolute atomic E-state index is 0.00108. The van der Waals surface area contributed by atoms with Crippen molar-refractivity contribution in [1.82, 2.24) is 14.8 Å². The van der Waals surface area contributed by atoms with Crippen LogP contribution in [-0.4, -0.2) is 53.9 Å². The lowest BCUT2D eigenvalue weighted by atomic mass is 10.0. The predicted octanol–water partition coefficient (Wildman–Crippen LogP) is 5.30. The van der Waals surface area contributed by atoms with Gasteiger partial charge in [0.05, 0.1) is 5.02 Å². The molecule has 1 aliphatic rings. The van der Waals surface area contributed by atoms with Crippen LogP contribution in [0.25, 0.3) is 11.1 Å². The molecule has 9 heteroatoms. The summed E-state index contributed by atoms with van der Waals surface area (Å²) in [6.07, 6.45) is 0.939. The Kier molecular flexibility index (Phi) is 7.26. The second-order valence-electron chi connectivity index (χ2n) is 8.30. The molecule has 0 radical (unpaired) electrons. The van der Waals surface area contributed by atoms with E-state index in [2.05, 4.69) is 9.88 Å². The van der Waals surface area contributed by atoms with E-state index in [0.29, 0.717) is 30.0 Å². The predicted molar refractivity (Wildman–Crippen MR) is 133 cm³/mol. The second-order valence-corrected chi connectivity index (χ2v) is 9.09. The number of nitrogen functional groups attached to an aromatic ring is 1. The van der Waals surface area contributed by atoms with Crippen molar-refractivity contribution in [2.24, 2.45) is 0 Å².